The third kappa shape index (κ3) is 7.14. The molecule has 5 nitrogen and oxygen atoms in total. The van der Waals surface area contributed by atoms with Gasteiger partial charge in [-0.15, -0.1) is 0 Å². The van der Waals surface area contributed by atoms with Crippen LogP contribution < -0.4 is 10.6 Å². The van der Waals surface area contributed by atoms with Gasteiger partial charge in [0.1, 0.15) is 0 Å². The van der Waals surface area contributed by atoms with E-state index in [0.29, 0.717) is 0 Å². The lowest BCUT2D eigenvalue weighted by molar-refractivity contribution is 0.0205. The summed E-state index contributed by atoms with van der Waals surface area (Å²) in [7, 11) is 3.58. The van der Waals surface area contributed by atoms with Crippen molar-refractivity contribution in [3.05, 3.63) is 0 Å². The van der Waals surface area contributed by atoms with Crippen LogP contribution in [-0.2, 0) is 4.74 Å². The molecule has 1 heterocycles. The number of piperidine rings is 1. The number of hydrogen-bond acceptors (Lipinski definition) is 3. The van der Waals surface area contributed by atoms with E-state index in [0.717, 1.165) is 25.6 Å². The van der Waals surface area contributed by atoms with E-state index in [-0.39, 0.29) is 11.5 Å². The summed E-state index contributed by atoms with van der Waals surface area (Å²) in [6.45, 7) is 11.8. The van der Waals surface area contributed by atoms with Crippen molar-refractivity contribution in [3.8, 4) is 0 Å². The predicted molar refractivity (Wildman–Crippen MR) is 89.9 cm³/mol. The molecule has 0 radical (unpaired) electrons. The minimum Gasteiger partial charge on any atom is -0.379 e. The monoisotopic (exact) mass is 298 g/mol. The van der Waals surface area contributed by atoms with Crippen molar-refractivity contribution < 1.29 is 4.74 Å². The molecule has 0 amide bonds. The highest BCUT2D eigenvalue weighted by atomic mass is 16.5. The molecule has 1 rings (SSSR count). The molecule has 0 saturated carbocycles. The fourth-order valence-electron chi connectivity index (χ4n) is 2.67. The van der Waals surface area contributed by atoms with Gasteiger partial charge in [-0.3, -0.25) is 4.99 Å². The summed E-state index contributed by atoms with van der Waals surface area (Å²) >= 11 is 0. The van der Waals surface area contributed by atoms with Crippen LogP contribution in [0.4, 0.5) is 0 Å². The summed E-state index contributed by atoms with van der Waals surface area (Å²) < 4.78 is 5.56. The van der Waals surface area contributed by atoms with Crippen LogP contribution in [0.3, 0.4) is 0 Å². The van der Waals surface area contributed by atoms with E-state index >= 15 is 0 Å². The van der Waals surface area contributed by atoms with Crippen LogP contribution in [0.15, 0.2) is 4.99 Å². The van der Waals surface area contributed by atoms with Gasteiger partial charge >= 0.3 is 0 Å². The van der Waals surface area contributed by atoms with Crippen molar-refractivity contribution >= 4 is 5.96 Å². The second-order valence-electron chi connectivity index (χ2n) is 6.87. The van der Waals surface area contributed by atoms with E-state index in [1.165, 1.54) is 32.4 Å². The summed E-state index contributed by atoms with van der Waals surface area (Å²) in [5, 5.41) is 6.75. The second kappa shape index (κ2) is 9.26. The van der Waals surface area contributed by atoms with Crippen LogP contribution in [0, 0.1) is 5.41 Å². The molecule has 1 saturated heterocycles. The van der Waals surface area contributed by atoms with E-state index in [1.807, 2.05) is 7.05 Å². The van der Waals surface area contributed by atoms with E-state index in [9.17, 15) is 0 Å². The van der Waals surface area contributed by atoms with E-state index < -0.39 is 0 Å². The Hall–Kier alpha value is -0.810. The molecule has 21 heavy (non-hydrogen) atoms. The van der Waals surface area contributed by atoms with Crippen LogP contribution in [0.1, 0.15) is 40.0 Å². The maximum atomic E-state index is 5.56. The Labute approximate surface area is 130 Å². The highest BCUT2D eigenvalue weighted by molar-refractivity contribution is 5.79. The zero-order valence-corrected chi connectivity index (χ0v) is 14.5. The quantitative estimate of drug-likeness (QED) is 0.579. The summed E-state index contributed by atoms with van der Waals surface area (Å²) in [4.78, 5) is 6.80. The Bertz CT molecular complexity index is 306. The summed E-state index contributed by atoms with van der Waals surface area (Å²) in [6.07, 6.45) is 4.23. The number of rotatable bonds is 6. The third-order valence-electron chi connectivity index (χ3n) is 4.10. The lowest BCUT2D eigenvalue weighted by atomic mass is 9.89. The largest absolute Gasteiger partial charge is 0.379 e. The summed E-state index contributed by atoms with van der Waals surface area (Å²) in [5.41, 5.74) is 0.119. The van der Waals surface area contributed by atoms with Gasteiger partial charge in [-0.2, -0.15) is 0 Å². The number of nitrogens with one attached hydrogen (secondary N) is 2. The molecular weight excluding hydrogens is 264 g/mol. The lowest BCUT2D eigenvalue weighted by Crippen LogP contribution is -2.47. The molecule has 0 aliphatic carbocycles. The number of likely N-dealkylation sites (tertiary alicyclic amines) is 1. The van der Waals surface area contributed by atoms with Crippen LogP contribution in [-0.4, -0.2) is 63.8 Å². The van der Waals surface area contributed by atoms with Gasteiger partial charge in [0, 0.05) is 33.8 Å². The molecule has 0 aromatic carbocycles. The minimum atomic E-state index is 0.119. The maximum absolute atomic E-state index is 5.56. The minimum absolute atomic E-state index is 0.119. The third-order valence-corrected chi connectivity index (χ3v) is 4.10. The number of nitrogens with zero attached hydrogens (tertiary/aromatic N) is 2. The number of aliphatic imine (C=N–C) groups is 1. The molecule has 0 spiro atoms. The van der Waals surface area contributed by atoms with Gasteiger partial charge in [-0.25, -0.2) is 0 Å². The van der Waals surface area contributed by atoms with Gasteiger partial charge < -0.3 is 20.3 Å². The fourth-order valence-corrected chi connectivity index (χ4v) is 2.67. The molecule has 1 aliphatic rings. The summed E-state index contributed by atoms with van der Waals surface area (Å²) in [6, 6.07) is 0. The van der Waals surface area contributed by atoms with Gasteiger partial charge in [-0.1, -0.05) is 27.2 Å². The molecule has 0 bridgehead atoms. The van der Waals surface area contributed by atoms with E-state index in [2.05, 4.69) is 41.3 Å². The first-order chi connectivity index (χ1) is 9.97. The van der Waals surface area contributed by atoms with Gasteiger partial charge in [0.05, 0.1) is 6.10 Å². The van der Waals surface area contributed by atoms with Gasteiger partial charge in [0.15, 0.2) is 5.96 Å². The van der Waals surface area contributed by atoms with Gasteiger partial charge in [-0.05, 0) is 31.3 Å². The molecular formula is C16H34N4O. The predicted octanol–water partition coefficient (Wildman–Crippen LogP) is 1.70. The topological polar surface area (TPSA) is 48.9 Å². The SMILES string of the molecule is CN=C(NCCN1CCCCC1)NCC(OC)C(C)(C)C. The Morgan fingerprint density at radius 2 is 1.86 bits per heavy atom. The van der Waals surface area contributed by atoms with Crippen LogP contribution in [0.2, 0.25) is 0 Å². The van der Waals surface area contributed by atoms with Crippen molar-refractivity contribution in [2.24, 2.45) is 10.4 Å². The Balaban J connectivity index is 2.25. The van der Waals surface area contributed by atoms with Crippen molar-refractivity contribution in [2.45, 2.75) is 46.1 Å². The molecule has 1 fully saturated rings. The Morgan fingerprint density at radius 1 is 1.19 bits per heavy atom. The van der Waals surface area contributed by atoms with Gasteiger partial charge in [0.2, 0.25) is 0 Å². The average molecular weight is 298 g/mol. The molecule has 1 unspecified atom stereocenters. The van der Waals surface area contributed by atoms with Crippen LogP contribution in [0.5, 0.6) is 0 Å². The highest BCUT2D eigenvalue weighted by Crippen LogP contribution is 2.20. The molecule has 1 atom stereocenters. The average Bonchev–Trinajstić information content (AvgIpc) is 2.45. The fraction of sp³-hybridized carbons (Fsp3) is 0.938. The van der Waals surface area contributed by atoms with Crippen molar-refractivity contribution in [3.63, 3.8) is 0 Å². The number of ether oxygens (including phenoxy) is 1. The smallest absolute Gasteiger partial charge is 0.191 e. The number of hydrogen-bond donors (Lipinski definition) is 2. The maximum Gasteiger partial charge on any atom is 0.191 e. The molecule has 2 N–H and O–H groups in total. The number of guanidine groups is 1. The molecule has 124 valence electrons. The Kier molecular flexibility index (Phi) is 8.04. The normalized spacial score (nSPS) is 19.4. The lowest BCUT2D eigenvalue weighted by Gasteiger charge is -2.30. The summed E-state index contributed by atoms with van der Waals surface area (Å²) in [5.74, 6) is 0.860. The van der Waals surface area contributed by atoms with Crippen molar-refractivity contribution in [2.75, 3.05) is 46.9 Å². The van der Waals surface area contributed by atoms with Crippen LogP contribution in [0.25, 0.3) is 0 Å². The van der Waals surface area contributed by atoms with Crippen molar-refractivity contribution in [1.82, 2.24) is 15.5 Å². The molecule has 1 aliphatic heterocycles. The van der Waals surface area contributed by atoms with Crippen molar-refractivity contribution in [1.29, 1.82) is 0 Å². The standard InChI is InChI=1S/C16H34N4O/c1-16(2,3)14(21-5)13-19-15(17-4)18-9-12-20-10-7-6-8-11-20/h14H,6-13H2,1-5H3,(H2,17,18,19). The Morgan fingerprint density at radius 3 is 2.38 bits per heavy atom. The first-order valence-electron chi connectivity index (χ1n) is 8.17. The zero-order chi connectivity index (χ0) is 15.7. The highest BCUT2D eigenvalue weighted by Gasteiger charge is 2.24. The van der Waals surface area contributed by atoms with Gasteiger partial charge in [0.25, 0.3) is 0 Å². The van der Waals surface area contributed by atoms with Crippen LogP contribution >= 0.6 is 0 Å². The molecule has 5 heteroatoms. The molecule has 0 aromatic rings. The van der Waals surface area contributed by atoms with E-state index in [1.54, 1.807) is 7.11 Å². The zero-order valence-electron chi connectivity index (χ0n) is 14.5. The van der Waals surface area contributed by atoms with E-state index in [4.69, 9.17) is 4.74 Å². The second-order valence-corrected chi connectivity index (χ2v) is 6.87. The first kappa shape index (κ1) is 18.2. The molecule has 0 aromatic heterocycles. The number of methoxy groups -OCH3 is 1. The first-order valence-corrected chi connectivity index (χ1v) is 8.17.